The second-order valence-electron chi connectivity index (χ2n) is 21.5. The summed E-state index contributed by atoms with van der Waals surface area (Å²) >= 11 is 0. The van der Waals surface area contributed by atoms with Gasteiger partial charge in [-0.25, -0.2) is 4.57 Å². The number of quaternary nitrogens is 1. The number of carbonyl (C=O) groups excluding carboxylic acids is 2. The fourth-order valence-corrected chi connectivity index (χ4v) is 9.05. The predicted octanol–water partition coefficient (Wildman–Crippen LogP) is 18.8. The Morgan fingerprint density at radius 1 is 0.480 bits per heavy atom. The standard InChI is InChI=1S/C65H115N2O7P/c1-7-10-13-16-19-22-25-28-30-32-33-35-37-40-43-46-49-52-55-58-65(69)74-63(56-53-50-47-44-41-38-27-24-21-18-15-12-9-3)62(61-73-75(70,71)72-60-59-67(4,5)6)66-64(68)57-54-51-48-45-42-39-36-34-31-29-26-23-20-17-14-11-8-2/h10,13,19,22,28-31,33,35,40,43,49,52-53,56,62-63H,7-9,11-12,14-18,20-21,23-27,32,34,36-39,41-42,44-48,50-51,54-55,57-61H2,1-6H3,(H-,66,68,70,71)/p+1/b13-10-,22-19-,30-28-,31-29+,35-33-,43-40-,52-49-,56-53+. The van der Waals surface area contributed by atoms with Gasteiger partial charge in [-0.1, -0.05) is 240 Å². The average Bonchev–Trinajstić information content (AvgIpc) is 3.37. The number of nitrogens with zero attached hydrogens (tertiary/aromatic N) is 1. The summed E-state index contributed by atoms with van der Waals surface area (Å²) in [6.07, 6.45) is 72.7. The normalized spacial score (nSPS) is 14.4. The van der Waals surface area contributed by atoms with Crippen LogP contribution in [0.25, 0.3) is 0 Å². The van der Waals surface area contributed by atoms with Crippen molar-refractivity contribution in [1.29, 1.82) is 0 Å². The van der Waals surface area contributed by atoms with Crippen molar-refractivity contribution < 1.29 is 37.3 Å². The third kappa shape index (κ3) is 55.5. The summed E-state index contributed by atoms with van der Waals surface area (Å²) in [4.78, 5) is 37.7. The van der Waals surface area contributed by atoms with E-state index >= 15 is 0 Å². The molecule has 0 bridgehead atoms. The fraction of sp³-hybridized carbons (Fsp3) is 0.723. The van der Waals surface area contributed by atoms with Gasteiger partial charge in [0.15, 0.2) is 0 Å². The minimum atomic E-state index is -4.47. The highest BCUT2D eigenvalue weighted by Gasteiger charge is 2.30. The van der Waals surface area contributed by atoms with Crippen LogP contribution < -0.4 is 5.32 Å². The summed E-state index contributed by atoms with van der Waals surface area (Å²) in [7, 11) is 1.45. The molecular formula is C65H116N2O7P+. The van der Waals surface area contributed by atoms with Crippen molar-refractivity contribution in [2.24, 2.45) is 0 Å². The fourth-order valence-electron chi connectivity index (χ4n) is 8.31. The summed E-state index contributed by atoms with van der Waals surface area (Å²) in [6, 6.07) is -0.886. The number of amides is 1. The van der Waals surface area contributed by atoms with E-state index in [1.54, 1.807) is 0 Å². The number of hydrogen-bond acceptors (Lipinski definition) is 6. The number of allylic oxidation sites excluding steroid dienone is 15. The third-order valence-electron chi connectivity index (χ3n) is 13.0. The van der Waals surface area contributed by atoms with Gasteiger partial charge in [0.2, 0.25) is 5.91 Å². The highest BCUT2D eigenvalue weighted by Crippen LogP contribution is 2.43. The Bertz CT molecular complexity index is 1610. The SMILES string of the molecule is CC/C=C\C/C=C\C/C=C\C/C=C\C/C=C\C/C=C\CCC(=O)OC(/C=C/CCCCCCCCCCCCC)C(COP(=O)(O)OCC[N+](C)(C)C)NC(=O)CCCCCCCCC/C=C/CCCCCCCC. The Hall–Kier alpha value is -3.07. The van der Waals surface area contributed by atoms with E-state index < -0.39 is 25.9 Å². The zero-order valence-electron chi connectivity index (χ0n) is 49.3. The molecule has 0 aromatic carbocycles. The summed E-state index contributed by atoms with van der Waals surface area (Å²) < 4.78 is 30.6. The molecule has 0 saturated heterocycles. The number of unbranched alkanes of at least 4 members (excludes halogenated alkanes) is 24. The lowest BCUT2D eigenvalue weighted by Crippen LogP contribution is -2.47. The van der Waals surface area contributed by atoms with Crippen LogP contribution in [0.3, 0.4) is 0 Å². The molecule has 0 spiro atoms. The maximum Gasteiger partial charge on any atom is 0.472 e. The molecule has 0 fully saturated rings. The zero-order valence-corrected chi connectivity index (χ0v) is 50.2. The molecular weight excluding hydrogens is 952 g/mol. The van der Waals surface area contributed by atoms with Crippen molar-refractivity contribution in [3.63, 3.8) is 0 Å². The number of likely N-dealkylation sites (N-methyl/N-ethyl adjacent to an activating group) is 1. The molecule has 0 aliphatic heterocycles. The van der Waals surface area contributed by atoms with Crippen LogP contribution in [0.2, 0.25) is 0 Å². The van der Waals surface area contributed by atoms with Gasteiger partial charge in [-0.2, -0.15) is 0 Å². The van der Waals surface area contributed by atoms with Gasteiger partial charge in [-0.15, -0.1) is 0 Å². The molecule has 0 aliphatic carbocycles. The molecule has 0 heterocycles. The molecule has 0 aromatic rings. The molecule has 3 unspecified atom stereocenters. The molecule has 0 aliphatic rings. The third-order valence-corrected chi connectivity index (χ3v) is 14.0. The first kappa shape index (κ1) is 71.9. The number of phosphoric ester groups is 1. The van der Waals surface area contributed by atoms with Gasteiger partial charge >= 0.3 is 13.8 Å². The van der Waals surface area contributed by atoms with E-state index in [9.17, 15) is 19.0 Å². The molecule has 1 amide bonds. The molecule has 0 radical (unpaired) electrons. The predicted molar refractivity (Wildman–Crippen MR) is 323 cm³/mol. The van der Waals surface area contributed by atoms with E-state index in [1.165, 1.54) is 122 Å². The van der Waals surface area contributed by atoms with Gasteiger partial charge in [0.25, 0.3) is 0 Å². The number of hydrogen-bond donors (Lipinski definition) is 2. The van der Waals surface area contributed by atoms with Gasteiger partial charge in [0.1, 0.15) is 19.3 Å². The molecule has 3 atom stereocenters. The summed E-state index contributed by atoms with van der Waals surface area (Å²) in [5, 5.41) is 3.03. The first-order valence-corrected chi connectivity index (χ1v) is 32.1. The topological polar surface area (TPSA) is 111 Å². The monoisotopic (exact) mass is 1070 g/mol. The van der Waals surface area contributed by atoms with Gasteiger partial charge in [0.05, 0.1) is 33.8 Å². The van der Waals surface area contributed by atoms with Gasteiger partial charge in [-0.3, -0.25) is 18.6 Å². The van der Waals surface area contributed by atoms with Crippen LogP contribution in [0.4, 0.5) is 0 Å². The van der Waals surface area contributed by atoms with E-state index in [4.69, 9.17) is 13.8 Å². The maximum atomic E-state index is 13.5. The number of ether oxygens (including phenoxy) is 1. The van der Waals surface area contributed by atoms with Gasteiger partial charge in [0, 0.05) is 12.8 Å². The Kier molecular flexibility index (Phi) is 52.1. The van der Waals surface area contributed by atoms with E-state index in [-0.39, 0.29) is 25.5 Å². The van der Waals surface area contributed by atoms with E-state index in [0.29, 0.717) is 23.9 Å². The van der Waals surface area contributed by atoms with Gasteiger partial charge in [-0.05, 0) is 96.0 Å². The smallest absolute Gasteiger partial charge is 0.456 e. The highest BCUT2D eigenvalue weighted by molar-refractivity contribution is 7.47. The first-order valence-electron chi connectivity index (χ1n) is 30.6. The largest absolute Gasteiger partial charge is 0.472 e. The minimum absolute atomic E-state index is 0.0243. The first-order chi connectivity index (χ1) is 36.4. The van der Waals surface area contributed by atoms with Crippen molar-refractivity contribution in [3.05, 3.63) is 97.2 Å². The lowest BCUT2D eigenvalue weighted by atomic mass is 10.0. The number of esters is 1. The Balaban J connectivity index is 5.44. The average molecular weight is 1070 g/mol. The van der Waals surface area contributed by atoms with Crippen LogP contribution >= 0.6 is 7.82 Å². The van der Waals surface area contributed by atoms with Crippen LogP contribution in [0, 0.1) is 0 Å². The second-order valence-corrected chi connectivity index (χ2v) is 22.9. The van der Waals surface area contributed by atoms with Crippen molar-refractivity contribution in [1.82, 2.24) is 5.32 Å². The minimum Gasteiger partial charge on any atom is -0.456 e. The van der Waals surface area contributed by atoms with Crippen LogP contribution in [0.5, 0.6) is 0 Å². The quantitative estimate of drug-likeness (QED) is 0.0205. The molecule has 0 aromatic heterocycles. The second kappa shape index (κ2) is 54.3. The van der Waals surface area contributed by atoms with Crippen molar-refractivity contribution in [2.75, 3.05) is 40.9 Å². The lowest BCUT2D eigenvalue weighted by molar-refractivity contribution is -0.870. The molecule has 10 heteroatoms. The van der Waals surface area contributed by atoms with Crippen LogP contribution in [0.15, 0.2) is 97.2 Å². The van der Waals surface area contributed by atoms with Crippen LogP contribution in [0.1, 0.15) is 252 Å². The van der Waals surface area contributed by atoms with Crippen molar-refractivity contribution >= 4 is 19.7 Å². The van der Waals surface area contributed by atoms with E-state index in [2.05, 4.69) is 105 Å². The molecule has 432 valence electrons. The van der Waals surface area contributed by atoms with E-state index in [0.717, 1.165) is 89.9 Å². The number of nitrogens with one attached hydrogen (secondary N) is 1. The highest BCUT2D eigenvalue weighted by atomic mass is 31.2. The summed E-state index contributed by atoms with van der Waals surface area (Å²) in [5.41, 5.74) is 0. The molecule has 0 rings (SSSR count). The Morgan fingerprint density at radius 2 is 0.867 bits per heavy atom. The van der Waals surface area contributed by atoms with Crippen LogP contribution in [-0.4, -0.2) is 74.3 Å². The summed E-state index contributed by atoms with van der Waals surface area (Å²) in [5.74, 6) is -0.610. The van der Waals surface area contributed by atoms with Crippen molar-refractivity contribution in [3.8, 4) is 0 Å². The molecule has 0 saturated carbocycles. The number of carbonyl (C=O) groups is 2. The number of phosphoric acid groups is 1. The van der Waals surface area contributed by atoms with E-state index in [1.807, 2.05) is 39.4 Å². The lowest BCUT2D eigenvalue weighted by Gasteiger charge is -2.27. The Labute approximate surface area is 462 Å². The molecule has 9 nitrogen and oxygen atoms in total. The molecule has 2 N–H and O–H groups in total. The Morgan fingerprint density at radius 3 is 1.31 bits per heavy atom. The zero-order chi connectivity index (χ0) is 55.0. The maximum absolute atomic E-state index is 13.5. The van der Waals surface area contributed by atoms with Crippen molar-refractivity contribution in [2.45, 2.75) is 264 Å². The molecule has 75 heavy (non-hydrogen) atoms. The summed E-state index contributed by atoms with van der Waals surface area (Å²) in [6.45, 7) is 6.84. The van der Waals surface area contributed by atoms with Gasteiger partial charge < -0.3 is 19.4 Å². The van der Waals surface area contributed by atoms with Crippen LogP contribution in [-0.2, 0) is 27.9 Å². The number of rotatable bonds is 54.